The molecule has 1 aromatic carbocycles. The Morgan fingerprint density at radius 3 is 2.70 bits per heavy atom. The molecule has 0 amide bonds. The van der Waals surface area contributed by atoms with Crippen molar-refractivity contribution in [1.29, 1.82) is 0 Å². The number of nitrogens with zero attached hydrogens (tertiary/aromatic N) is 1. The number of likely N-dealkylation sites (tertiary alicyclic amines) is 1. The van der Waals surface area contributed by atoms with Gasteiger partial charge < -0.3 is 14.7 Å². The Morgan fingerprint density at radius 1 is 1.40 bits per heavy atom. The van der Waals surface area contributed by atoms with Gasteiger partial charge in [0.15, 0.2) is 0 Å². The van der Waals surface area contributed by atoms with Gasteiger partial charge in [-0.2, -0.15) is 0 Å². The minimum Gasteiger partial charge on any atom is -0.494 e. The van der Waals surface area contributed by atoms with E-state index in [0.717, 1.165) is 19.5 Å². The molecule has 2 atom stereocenters. The summed E-state index contributed by atoms with van der Waals surface area (Å²) in [6.07, 6.45) is 0.830. The summed E-state index contributed by atoms with van der Waals surface area (Å²) < 4.78 is 18.2. The first-order valence-electron chi connectivity index (χ1n) is 6.90. The van der Waals surface area contributed by atoms with Gasteiger partial charge in [0.1, 0.15) is 11.6 Å². The molecular weight excluding hydrogens is 261 g/mol. The summed E-state index contributed by atoms with van der Waals surface area (Å²) in [5, 5.41) is 9.06. The van der Waals surface area contributed by atoms with Gasteiger partial charge in [-0.15, -0.1) is 0 Å². The predicted octanol–water partition coefficient (Wildman–Crippen LogP) is 2.25. The molecule has 0 saturated carbocycles. The van der Waals surface area contributed by atoms with Crippen molar-refractivity contribution in [2.24, 2.45) is 11.8 Å². The first kappa shape index (κ1) is 14.8. The fourth-order valence-corrected chi connectivity index (χ4v) is 2.58. The lowest BCUT2D eigenvalue weighted by molar-refractivity contribution is -0.142. The Kier molecular flexibility index (Phi) is 4.95. The molecule has 110 valence electrons. The van der Waals surface area contributed by atoms with E-state index in [9.17, 15) is 9.18 Å². The molecule has 0 bridgehead atoms. The summed E-state index contributed by atoms with van der Waals surface area (Å²) in [7, 11) is 0. The third-order valence-electron chi connectivity index (χ3n) is 3.71. The smallest absolute Gasteiger partial charge is 0.308 e. The molecule has 0 radical (unpaired) electrons. The molecule has 0 aliphatic carbocycles. The third kappa shape index (κ3) is 3.93. The molecule has 4 nitrogen and oxygen atoms in total. The summed E-state index contributed by atoms with van der Waals surface area (Å²) in [6.45, 7) is 4.80. The average Bonchev–Trinajstić information content (AvgIpc) is 2.78. The van der Waals surface area contributed by atoms with Crippen molar-refractivity contribution in [2.75, 3.05) is 26.2 Å². The summed E-state index contributed by atoms with van der Waals surface area (Å²) in [5.74, 6) is -0.381. The Morgan fingerprint density at radius 2 is 2.10 bits per heavy atom. The second-order valence-corrected chi connectivity index (χ2v) is 5.34. The normalized spacial score (nSPS) is 22.9. The maximum atomic E-state index is 12.7. The van der Waals surface area contributed by atoms with Crippen LogP contribution < -0.4 is 4.74 Å². The SMILES string of the molecule is CC1CN(CCCOc2ccc(F)cc2)CC1C(=O)O. The van der Waals surface area contributed by atoms with Crippen molar-refractivity contribution >= 4 is 5.97 Å². The van der Waals surface area contributed by atoms with Crippen LogP contribution in [0.3, 0.4) is 0 Å². The van der Waals surface area contributed by atoms with Gasteiger partial charge in [-0.05, 0) is 36.6 Å². The summed E-state index contributed by atoms with van der Waals surface area (Å²) in [6, 6.07) is 5.95. The number of carboxylic acid groups (broad SMARTS) is 1. The maximum Gasteiger partial charge on any atom is 0.308 e. The molecule has 1 aliphatic heterocycles. The van der Waals surface area contributed by atoms with Crippen LogP contribution in [-0.4, -0.2) is 42.2 Å². The average molecular weight is 281 g/mol. The highest BCUT2D eigenvalue weighted by Crippen LogP contribution is 2.23. The van der Waals surface area contributed by atoms with Crippen molar-refractivity contribution in [1.82, 2.24) is 4.90 Å². The third-order valence-corrected chi connectivity index (χ3v) is 3.71. The van der Waals surface area contributed by atoms with Crippen LogP contribution >= 0.6 is 0 Å². The van der Waals surface area contributed by atoms with E-state index in [1.807, 2.05) is 6.92 Å². The molecule has 0 aromatic heterocycles. The molecule has 1 aromatic rings. The monoisotopic (exact) mass is 281 g/mol. The molecule has 2 rings (SSSR count). The van der Waals surface area contributed by atoms with E-state index in [2.05, 4.69) is 4.90 Å². The lowest BCUT2D eigenvalue weighted by Crippen LogP contribution is -2.25. The highest BCUT2D eigenvalue weighted by Gasteiger charge is 2.34. The van der Waals surface area contributed by atoms with Gasteiger partial charge in [-0.1, -0.05) is 6.92 Å². The van der Waals surface area contributed by atoms with Crippen LogP contribution in [-0.2, 0) is 4.79 Å². The van der Waals surface area contributed by atoms with Crippen LogP contribution in [0.25, 0.3) is 0 Å². The van der Waals surface area contributed by atoms with E-state index in [0.29, 0.717) is 18.9 Å². The van der Waals surface area contributed by atoms with Crippen LogP contribution in [0.15, 0.2) is 24.3 Å². The van der Waals surface area contributed by atoms with Gasteiger partial charge in [0.2, 0.25) is 0 Å². The summed E-state index contributed by atoms with van der Waals surface area (Å²) >= 11 is 0. The Bertz CT molecular complexity index is 449. The second kappa shape index (κ2) is 6.70. The number of halogens is 1. The molecule has 1 fully saturated rings. The topological polar surface area (TPSA) is 49.8 Å². The first-order chi connectivity index (χ1) is 9.56. The van der Waals surface area contributed by atoms with Crippen molar-refractivity contribution < 1.29 is 19.0 Å². The Balaban J connectivity index is 1.67. The Hall–Kier alpha value is -1.62. The van der Waals surface area contributed by atoms with Crippen LogP contribution in [0.2, 0.25) is 0 Å². The highest BCUT2D eigenvalue weighted by atomic mass is 19.1. The number of benzene rings is 1. The molecule has 1 aliphatic rings. The lowest BCUT2D eigenvalue weighted by Gasteiger charge is -2.15. The number of ether oxygens (including phenoxy) is 1. The van der Waals surface area contributed by atoms with Gasteiger partial charge in [-0.25, -0.2) is 4.39 Å². The minimum atomic E-state index is -0.706. The van der Waals surface area contributed by atoms with E-state index >= 15 is 0 Å². The van der Waals surface area contributed by atoms with Crippen molar-refractivity contribution in [3.05, 3.63) is 30.1 Å². The highest BCUT2D eigenvalue weighted by molar-refractivity contribution is 5.71. The number of carbonyl (C=O) groups is 1. The Labute approximate surface area is 118 Å². The van der Waals surface area contributed by atoms with Gasteiger partial charge >= 0.3 is 5.97 Å². The summed E-state index contributed by atoms with van der Waals surface area (Å²) in [4.78, 5) is 13.2. The van der Waals surface area contributed by atoms with Crippen LogP contribution in [0.1, 0.15) is 13.3 Å². The standard InChI is InChI=1S/C15H20FNO3/c1-11-9-17(10-14(11)15(18)19)7-2-8-20-13-5-3-12(16)4-6-13/h3-6,11,14H,2,7-10H2,1H3,(H,18,19). The van der Waals surface area contributed by atoms with Crippen molar-refractivity contribution in [3.63, 3.8) is 0 Å². The van der Waals surface area contributed by atoms with E-state index in [-0.39, 0.29) is 17.7 Å². The van der Waals surface area contributed by atoms with Crippen LogP contribution in [0, 0.1) is 17.7 Å². The number of hydrogen-bond donors (Lipinski definition) is 1. The number of rotatable bonds is 6. The molecule has 1 heterocycles. The largest absolute Gasteiger partial charge is 0.494 e. The molecule has 0 spiro atoms. The lowest BCUT2D eigenvalue weighted by atomic mass is 9.99. The van der Waals surface area contributed by atoms with Gasteiger partial charge in [0, 0.05) is 19.6 Å². The minimum absolute atomic E-state index is 0.200. The van der Waals surface area contributed by atoms with Crippen molar-refractivity contribution in [3.8, 4) is 5.75 Å². The zero-order valence-corrected chi connectivity index (χ0v) is 11.6. The molecule has 20 heavy (non-hydrogen) atoms. The number of aliphatic carboxylic acids is 1. The first-order valence-corrected chi connectivity index (χ1v) is 6.90. The molecule has 1 N–H and O–H groups in total. The quantitative estimate of drug-likeness (QED) is 0.813. The fraction of sp³-hybridized carbons (Fsp3) is 0.533. The van der Waals surface area contributed by atoms with Gasteiger partial charge in [-0.3, -0.25) is 4.79 Å². The second-order valence-electron chi connectivity index (χ2n) is 5.34. The van der Waals surface area contributed by atoms with E-state index < -0.39 is 5.97 Å². The number of hydrogen-bond acceptors (Lipinski definition) is 3. The molecule has 2 unspecified atom stereocenters. The molecule has 5 heteroatoms. The predicted molar refractivity (Wildman–Crippen MR) is 73.2 cm³/mol. The molecular formula is C15H20FNO3. The summed E-state index contributed by atoms with van der Waals surface area (Å²) in [5.41, 5.74) is 0. The fourth-order valence-electron chi connectivity index (χ4n) is 2.58. The maximum absolute atomic E-state index is 12.7. The van der Waals surface area contributed by atoms with Crippen LogP contribution in [0.5, 0.6) is 5.75 Å². The zero-order valence-electron chi connectivity index (χ0n) is 11.6. The van der Waals surface area contributed by atoms with Crippen molar-refractivity contribution in [2.45, 2.75) is 13.3 Å². The van der Waals surface area contributed by atoms with Gasteiger partial charge in [0.25, 0.3) is 0 Å². The van der Waals surface area contributed by atoms with E-state index in [4.69, 9.17) is 9.84 Å². The number of carboxylic acids is 1. The zero-order chi connectivity index (χ0) is 14.5. The molecule has 1 saturated heterocycles. The van der Waals surface area contributed by atoms with E-state index in [1.165, 1.54) is 12.1 Å². The van der Waals surface area contributed by atoms with E-state index in [1.54, 1.807) is 12.1 Å². The van der Waals surface area contributed by atoms with Gasteiger partial charge in [0.05, 0.1) is 12.5 Å². The van der Waals surface area contributed by atoms with Crippen LogP contribution in [0.4, 0.5) is 4.39 Å².